The molecule has 16 heavy (non-hydrogen) atoms. The standard InChI is InChI=1S/C9H8N2O4S/c1-5-10-7(15-11-5)4-14-6-2-3-16-8(6)9(12)13/h2-3H,4H2,1H3,(H,12,13). The molecule has 0 amide bonds. The van der Waals surface area contributed by atoms with Gasteiger partial charge in [0.05, 0.1) is 0 Å². The van der Waals surface area contributed by atoms with E-state index in [1.54, 1.807) is 18.4 Å². The van der Waals surface area contributed by atoms with Crippen LogP contribution < -0.4 is 4.74 Å². The van der Waals surface area contributed by atoms with E-state index in [0.29, 0.717) is 17.5 Å². The molecule has 6 nitrogen and oxygen atoms in total. The summed E-state index contributed by atoms with van der Waals surface area (Å²) in [5.41, 5.74) is 0. The van der Waals surface area contributed by atoms with Gasteiger partial charge in [-0.1, -0.05) is 5.16 Å². The maximum atomic E-state index is 10.8. The van der Waals surface area contributed by atoms with E-state index in [-0.39, 0.29) is 11.5 Å². The second-order valence-corrected chi connectivity index (χ2v) is 3.86. The highest BCUT2D eigenvalue weighted by Crippen LogP contribution is 2.25. The van der Waals surface area contributed by atoms with E-state index in [9.17, 15) is 4.79 Å². The molecular formula is C9H8N2O4S. The maximum absolute atomic E-state index is 10.8. The fourth-order valence-electron chi connectivity index (χ4n) is 1.11. The molecule has 0 bridgehead atoms. The Kier molecular flexibility index (Phi) is 2.86. The summed E-state index contributed by atoms with van der Waals surface area (Å²) in [5.74, 6) is 0.141. The van der Waals surface area contributed by atoms with Crippen LogP contribution in [0, 0.1) is 6.92 Å². The van der Waals surface area contributed by atoms with Crippen LogP contribution in [-0.4, -0.2) is 21.2 Å². The van der Waals surface area contributed by atoms with Crippen molar-refractivity contribution in [1.29, 1.82) is 0 Å². The van der Waals surface area contributed by atoms with Gasteiger partial charge in [-0.2, -0.15) is 4.98 Å². The number of carbonyl (C=O) groups is 1. The van der Waals surface area contributed by atoms with Crippen LogP contribution in [0.25, 0.3) is 0 Å². The maximum Gasteiger partial charge on any atom is 0.349 e. The number of aromatic nitrogens is 2. The predicted octanol–water partition coefficient (Wildman–Crippen LogP) is 1.72. The molecule has 0 fully saturated rings. The lowest BCUT2D eigenvalue weighted by Gasteiger charge is -2.00. The third-order valence-corrected chi connectivity index (χ3v) is 2.63. The van der Waals surface area contributed by atoms with Crippen molar-refractivity contribution < 1.29 is 19.2 Å². The van der Waals surface area contributed by atoms with Gasteiger partial charge >= 0.3 is 5.97 Å². The molecule has 0 aliphatic carbocycles. The van der Waals surface area contributed by atoms with Gasteiger partial charge in [-0.15, -0.1) is 11.3 Å². The molecule has 2 aromatic rings. The van der Waals surface area contributed by atoms with Gasteiger partial charge in [-0.3, -0.25) is 0 Å². The summed E-state index contributed by atoms with van der Waals surface area (Å²) in [7, 11) is 0. The zero-order valence-corrected chi connectivity index (χ0v) is 9.15. The number of ether oxygens (including phenoxy) is 1. The van der Waals surface area contributed by atoms with Crippen molar-refractivity contribution in [2.75, 3.05) is 0 Å². The molecule has 1 N–H and O–H groups in total. The minimum absolute atomic E-state index is 0.0673. The van der Waals surface area contributed by atoms with Crippen LogP contribution in [0.1, 0.15) is 21.4 Å². The summed E-state index contributed by atoms with van der Waals surface area (Å²) in [5, 5.41) is 14.1. The molecule has 0 radical (unpaired) electrons. The first kappa shape index (κ1) is 10.6. The topological polar surface area (TPSA) is 85.5 Å². The van der Waals surface area contributed by atoms with E-state index < -0.39 is 5.97 Å². The molecule has 0 atom stereocenters. The average Bonchev–Trinajstić information content (AvgIpc) is 2.83. The zero-order chi connectivity index (χ0) is 11.5. The Morgan fingerprint density at radius 1 is 1.69 bits per heavy atom. The minimum atomic E-state index is -1.01. The second-order valence-electron chi connectivity index (χ2n) is 2.94. The average molecular weight is 240 g/mol. The molecule has 0 spiro atoms. The molecule has 0 saturated carbocycles. The predicted molar refractivity (Wildman–Crippen MR) is 54.6 cm³/mol. The Bertz CT molecular complexity index is 505. The number of carboxylic acids is 1. The largest absolute Gasteiger partial charge is 0.482 e. The van der Waals surface area contributed by atoms with Gasteiger partial charge in [-0.25, -0.2) is 4.79 Å². The first-order valence-electron chi connectivity index (χ1n) is 4.39. The molecule has 0 aromatic carbocycles. The van der Waals surface area contributed by atoms with E-state index in [0.717, 1.165) is 11.3 Å². The summed E-state index contributed by atoms with van der Waals surface area (Å²) in [6.07, 6.45) is 0. The number of rotatable bonds is 4. The highest BCUT2D eigenvalue weighted by Gasteiger charge is 2.14. The van der Waals surface area contributed by atoms with Crippen molar-refractivity contribution in [3.05, 3.63) is 28.0 Å². The lowest BCUT2D eigenvalue weighted by atomic mass is 10.4. The number of aryl methyl sites for hydroxylation is 1. The number of hydrogen-bond acceptors (Lipinski definition) is 6. The van der Waals surface area contributed by atoms with Gasteiger partial charge in [0.25, 0.3) is 5.89 Å². The summed E-state index contributed by atoms with van der Waals surface area (Å²) in [6, 6.07) is 1.59. The number of thiophene rings is 1. The Labute approximate surface area is 94.5 Å². The fourth-order valence-corrected chi connectivity index (χ4v) is 1.78. The fraction of sp³-hybridized carbons (Fsp3) is 0.222. The number of carboxylic acid groups (broad SMARTS) is 1. The molecule has 0 aliphatic rings. The highest BCUT2D eigenvalue weighted by atomic mass is 32.1. The van der Waals surface area contributed by atoms with Gasteiger partial charge in [0, 0.05) is 0 Å². The van der Waals surface area contributed by atoms with E-state index in [2.05, 4.69) is 10.1 Å². The normalized spacial score (nSPS) is 10.3. The van der Waals surface area contributed by atoms with Gasteiger partial charge in [-0.05, 0) is 18.4 Å². The summed E-state index contributed by atoms with van der Waals surface area (Å²) >= 11 is 1.11. The third-order valence-electron chi connectivity index (χ3n) is 1.74. The van der Waals surface area contributed by atoms with E-state index >= 15 is 0 Å². The van der Waals surface area contributed by atoms with E-state index in [1.165, 1.54) is 0 Å². The first-order valence-corrected chi connectivity index (χ1v) is 5.27. The SMILES string of the molecule is Cc1noc(COc2ccsc2C(=O)O)n1. The Hall–Kier alpha value is -1.89. The Morgan fingerprint density at radius 2 is 2.50 bits per heavy atom. The Balaban J connectivity index is 2.04. The number of nitrogens with zero attached hydrogens (tertiary/aromatic N) is 2. The number of hydrogen-bond donors (Lipinski definition) is 1. The van der Waals surface area contributed by atoms with Crippen LogP contribution in [0.5, 0.6) is 5.75 Å². The van der Waals surface area contributed by atoms with E-state index in [1.807, 2.05) is 0 Å². The third kappa shape index (κ3) is 2.19. The van der Waals surface area contributed by atoms with Crippen molar-refractivity contribution >= 4 is 17.3 Å². The van der Waals surface area contributed by atoms with Crippen LogP contribution in [0.3, 0.4) is 0 Å². The molecule has 7 heteroatoms. The lowest BCUT2D eigenvalue weighted by Crippen LogP contribution is -2.00. The second kappa shape index (κ2) is 4.31. The molecule has 2 heterocycles. The monoisotopic (exact) mass is 240 g/mol. The van der Waals surface area contributed by atoms with Gasteiger partial charge < -0.3 is 14.4 Å². The van der Waals surface area contributed by atoms with Crippen molar-refractivity contribution in [2.24, 2.45) is 0 Å². The van der Waals surface area contributed by atoms with Crippen LogP contribution in [-0.2, 0) is 6.61 Å². The number of aromatic carboxylic acids is 1. The van der Waals surface area contributed by atoms with Crippen molar-refractivity contribution in [3.8, 4) is 5.75 Å². The van der Waals surface area contributed by atoms with Crippen LogP contribution in [0.4, 0.5) is 0 Å². The van der Waals surface area contributed by atoms with E-state index in [4.69, 9.17) is 14.4 Å². The molecule has 2 rings (SSSR count). The van der Waals surface area contributed by atoms with Crippen LogP contribution >= 0.6 is 11.3 Å². The first-order chi connectivity index (χ1) is 7.66. The van der Waals surface area contributed by atoms with Crippen LogP contribution in [0.2, 0.25) is 0 Å². The highest BCUT2D eigenvalue weighted by molar-refractivity contribution is 7.12. The van der Waals surface area contributed by atoms with Crippen molar-refractivity contribution in [1.82, 2.24) is 10.1 Å². The van der Waals surface area contributed by atoms with Crippen LogP contribution in [0.15, 0.2) is 16.0 Å². The molecule has 0 aliphatic heterocycles. The molecule has 0 unspecified atom stereocenters. The van der Waals surface area contributed by atoms with Gasteiger partial charge in [0.2, 0.25) is 0 Å². The lowest BCUT2D eigenvalue weighted by molar-refractivity contribution is 0.0697. The van der Waals surface area contributed by atoms with Crippen molar-refractivity contribution in [3.63, 3.8) is 0 Å². The summed E-state index contributed by atoms with van der Waals surface area (Å²) in [6.45, 7) is 1.76. The Morgan fingerprint density at radius 3 is 3.12 bits per heavy atom. The minimum Gasteiger partial charge on any atom is -0.482 e. The quantitative estimate of drug-likeness (QED) is 0.875. The summed E-state index contributed by atoms with van der Waals surface area (Å²) < 4.78 is 10.1. The van der Waals surface area contributed by atoms with Crippen molar-refractivity contribution in [2.45, 2.75) is 13.5 Å². The zero-order valence-electron chi connectivity index (χ0n) is 8.34. The summed E-state index contributed by atoms with van der Waals surface area (Å²) in [4.78, 5) is 14.9. The van der Waals surface area contributed by atoms with Gasteiger partial charge in [0.15, 0.2) is 17.3 Å². The molecule has 84 valence electrons. The molecule has 2 aromatic heterocycles. The van der Waals surface area contributed by atoms with Gasteiger partial charge in [0.1, 0.15) is 5.75 Å². The molecular weight excluding hydrogens is 232 g/mol. The molecule has 0 saturated heterocycles. The smallest absolute Gasteiger partial charge is 0.349 e.